The highest BCUT2D eigenvalue weighted by Crippen LogP contribution is 2.20. The zero-order valence-electron chi connectivity index (χ0n) is 13.7. The summed E-state index contributed by atoms with van der Waals surface area (Å²) in [6.07, 6.45) is 1.60. The molecule has 0 fully saturated rings. The fourth-order valence-electron chi connectivity index (χ4n) is 2.23. The van der Waals surface area contributed by atoms with Gasteiger partial charge in [-0.25, -0.2) is 0 Å². The maximum Gasteiger partial charge on any atom is 0.255 e. The number of carbonyl (C=O) groups excluding carboxylic acids is 2. The third kappa shape index (κ3) is 4.60. The molecule has 24 heavy (non-hydrogen) atoms. The highest BCUT2D eigenvalue weighted by molar-refractivity contribution is 5.97. The molecule has 0 saturated carbocycles. The van der Waals surface area contributed by atoms with Crippen LogP contribution in [0, 0.1) is 0 Å². The maximum atomic E-state index is 12.5. The van der Waals surface area contributed by atoms with Crippen molar-refractivity contribution in [1.82, 2.24) is 10.2 Å². The second kappa shape index (κ2) is 8.16. The number of furan rings is 1. The Bertz CT molecular complexity index is 683. The van der Waals surface area contributed by atoms with Crippen molar-refractivity contribution in [3.05, 3.63) is 54.0 Å². The molecule has 0 aliphatic heterocycles. The zero-order chi connectivity index (χ0) is 17.5. The number of ether oxygens (including phenoxy) is 1. The average Bonchev–Trinajstić information content (AvgIpc) is 3.07. The van der Waals surface area contributed by atoms with Crippen LogP contribution in [0.1, 0.15) is 22.2 Å². The topological polar surface area (TPSA) is 97.8 Å². The van der Waals surface area contributed by atoms with Gasteiger partial charge in [0.15, 0.2) is 6.61 Å². The van der Waals surface area contributed by atoms with Crippen molar-refractivity contribution < 1.29 is 18.7 Å². The SMILES string of the molecule is CN(C)[C@H](CNC(=O)c1ccccc1OCC(N)=O)c1ccco1. The second-order valence-electron chi connectivity index (χ2n) is 5.46. The van der Waals surface area contributed by atoms with Crippen LogP contribution in [0.5, 0.6) is 5.75 Å². The molecule has 2 aromatic rings. The molecule has 128 valence electrons. The Morgan fingerprint density at radius 3 is 2.62 bits per heavy atom. The Morgan fingerprint density at radius 1 is 1.25 bits per heavy atom. The molecular weight excluding hydrogens is 310 g/mol. The van der Waals surface area contributed by atoms with Crippen molar-refractivity contribution in [3.8, 4) is 5.75 Å². The number of hydrogen-bond acceptors (Lipinski definition) is 5. The number of rotatable bonds is 8. The van der Waals surface area contributed by atoms with Crippen LogP contribution in [-0.4, -0.2) is 44.0 Å². The van der Waals surface area contributed by atoms with Crippen molar-refractivity contribution in [2.45, 2.75) is 6.04 Å². The molecule has 0 saturated heterocycles. The Morgan fingerprint density at radius 2 is 2.00 bits per heavy atom. The first-order valence-electron chi connectivity index (χ1n) is 7.47. The predicted octanol–water partition coefficient (Wildman–Crippen LogP) is 1.18. The molecular formula is C17H21N3O4. The first kappa shape index (κ1) is 17.6. The Labute approximate surface area is 140 Å². The molecule has 7 nitrogen and oxygen atoms in total. The van der Waals surface area contributed by atoms with Crippen molar-refractivity contribution in [1.29, 1.82) is 0 Å². The molecule has 0 aliphatic rings. The van der Waals surface area contributed by atoms with E-state index in [0.717, 1.165) is 5.76 Å². The van der Waals surface area contributed by atoms with Crippen LogP contribution >= 0.6 is 0 Å². The van der Waals surface area contributed by atoms with Crippen LogP contribution < -0.4 is 15.8 Å². The van der Waals surface area contributed by atoms with E-state index in [2.05, 4.69) is 5.32 Å². The van der Waals surface area contributed by atoms with Gasteiger partial charge in [0.2, 0.25) is 0 Å². The summed E-state index contributed by atoms with van der Waals surface area (Å²) in [6, 6.07) is 10.3. The molecule has 1 aromatic heterocycles. The second-order valence-corrected chi connectivity index (χ2v) is 5.46. The molecule has 0 bridgehead atoms. The molecule has 0 radical (unpaired) electrons. The van der Waals surface area contributed by atoms with Crippen LogP contribution in [0.15, 0.2) is 47.1 Å². The summed E-state index contributed by atoms with van der Waals surface area (Å²) in [5, 5.41) is 2.86. The van der Waals surface area contributed by atoms with Crippen LogP contribution in [-0.2, 0) is 4.79 Å². The summed E-state index contributed by atoms with van der Waals surface area (Å²) < 4.78 is 10.7. The van der Waals surface area contributed by atoms with Gasteiger partial charge in [0.1, 0.15) is 11.5 Å². The number of para-hydroxylation sites is 1. The van der Waals surface area contributed by atoms with Gasteiger partial charge in [0.25, 0.3) is 11.8 Å². The lowest BCUT2D eigenvalue weighted by atomic mass is 10.1. The van der Waals surface area contributed by atoms with Gasteiger partial charge in [-0.3, -0.25) is 14.5 Å². The third-order valence-corrected chi connectivity index (χ3v) is 3.45. The van der Waals surface area contributed by atoms with E-state index in [9.17, 15) is 9.59 Å². The molecule has 3 N–H and O–H groups in total. The van der Waals surface area contributed by atoms with E-state index in [0.29, 0.717) is 17.9 Å². The molecule has 1 atom stereocenters. The number of nitrogens with two attached hydrogens (primary N) is 1. The minimum absolute atomic E-state index is 0.0948. The van der Waals surface area contributed by atoms with Crippen LogP contribution in [0.25, 0.3) is 0 Å². The van der Waals surface area contributed by atoms with E-state index in [4.69, 9.17) is 14.9 Å². The molecule has 2 rings (SSSR count). The maximum absolute atomic E-state index is 12.5. The summed E-state index contributed by atoms with van der Waals surface area (Å²) in [4.78, 5) is 25.3. The van der Waals surface area contributed by atoms with Gasteiger partial charge < -0.3 is 20.2 Å². The fourth-order valence-corrected chi connectivity index (χ4v) is 2.23. The number of hydrogen-bond donors (Lipinski definition) is 2. The fraction of sp³-hybridized carbons (Fsp3) is 0.294. The normalized spacial score (nSPS) is 12.0. The lowest BCUT2D eigenvalue weighted by Crippen LogP contribution is -2.34. The first-order valence-corrected chi connectivity index (χ1v) is 7.47. The minimum Gasteiger partial charge on any atom is -0.483 e. The van der Waals surface area contributed by atoms with Crippen molar-refractivity contribution in [2.75, 3.05) is 27.2 Å². The molecule has 1 heterocycles. The molecule has 0 unspecified atom stereocenters. The smallest absolute Gasteiger partial charge is 0.255 e. The van der Waals surface area contributed by atoms with E-state index >= 15 is 0 Å². The van der Waals surface area contributed by atoms with Crippen molar-refractivity contribution >= 4 is 11.8 Å². The highest BCUT2D eigenvalue weighted by atomic mass is 16.5. The van der Waals surface area contributed by atoms with E-state index in [1.807, 2.05) is 25.1 Å². The Balaban J connectivity index is 2.05. The van der Waals surface area contributed by atoms with Crippen LogP contribution in [0.4, 0.5) is 0 Å². The number of nitrogens with one attached hydrogen (secondary N) is 1. The highest BCUT2D eigenvalue weighted by Gasteiger charge is 2.19. The quantitative estimate of drug-likeness (QED) is 0.757. The third-order valence-electron chi connectivity index (χ3n) is 3.45. The molecule has 2 amide bonds. The number of nitrogens with zero attached hydrogens (tertiary/aromatic N) is 1. The number of likely N-dealkylation sites (N-methyl/N-ethyl adjacent to an activating group) is 1. The summed E-state index contributed by atoms with van der Waals surface area (Å²) in [5.41, 5.74) is 5.42. The average molecular weight is 331 g/mol. The van der Waals surface area contributed by atoms with Crippen molar-refractivity contribution in [2.24, 2.45) is 5.73 Å². The van der Waals surface area contributed by atoms with Gasteiger partial charge in [-0.15, -0.1) is 0 Å². The minimum atomic E-state index is -0.601. The summed E-state index contributed by atoms with van der Waals surface area (Å²) in [7, 11) is 3.81. The van der Waals surface area contributed by atoms with Gasteiger partial charge >= 0.3 is 0 Å². The standard InChI is InChI=1S/C17H21N3O4/c1-20(2)13(15-8-5-9-23-15)10-19-17(22)12-6-3-4-7-14(12)24-11-16(18)21/h3-9,13H,10-11H2,1-2H3,(H2,18,21)(H,19,22)/t13-/m1/s1. The lowest BCUT2D eigenvalue weighted by molar-refractivity contribution is -0.119. The summed E-state index contributed by atoms with van der Waals surface area (Å²) in [6.45, 7) is 0.0838. The lowest BCUT2D eigenvalue weighted by Gasteiger charge is -2.22. The number of amides is 2. The molecule has 1 aromatic carbocycles. The molecule has 0 aliphatic carbocycles. The van der Waals surface area contributed by atoms with E-state index in [-0.39, 0.29) is 18.6 Å². The summed E-state index contributed by atoms with van der Waals surface area (Å²) >= 11 is 0. The molecule has 0 spiro atoms. The Kier molecular flexibility index (Phi) is 5.97. The van der Waals surface area contributed by atoms with Crippen molar-refractivity contribution in [3.63, 3.8) is 0 Å². The zero-order valence-corrected chi connectivity index (χ0v) is 13.7. The van der Waals surface area contributed by atoms with Crippen LogP contribution in [0.3, 0.4) is 0 Å². The monoisotopic (exact) mass is 331 g/mol. The number of primary amides is 1. The van der Waals surface area contributed by atoms with Gasteiger partial charge in [-0.05, 0) is 38.4 Å². The molecule has 7 heteroatoms. The first-order chi connectivity index (χ1) is 11.5. The largest absolute Gasteiger partial charge is 0.483 e. The summed E-state index contributed by atoms with van der Waals surface area (Å²) in [5.74, 6) is 0.177. The van der Waals surface area contributed by atoms with Gasteiger partial charge in [0, 0.05) is 6.54 Å². The van der Waals surface area contributed by atoms with E-state index in [1.54, 1.807) is 36.6 Å². The number of carbonyl (C=O) groups is 2. The van der Waals surface area contributed by atoms with Gasteiger partial charge in [-0.1, -0.05) is 12.1 Å². The van der Waals surface area contributed by atoms with Gasteiger partial charge in [0.05, 0.1) is 17.9 Å². The number of benzene rings is 1. The predicted molar refractivity (Wildman–Crippen MR) is 88.6 cm³/mol. The van der Waals surface area contributed by atoms with Gasteiger partial charge in [-0.2, -0.15) is 0 Å². The van der Waals surface area contributed by atoms with Crippen LogP contribution in [0.2, 0.25) is 0 Å². The van der Waals surface area contributed by atoms with E-state index < -0.39 is 5.91 Å². The van der Waals surface area contributed by atoms with E-state index in [1.165, 1.54) is 0 Å². The Hall–Kier alpha value is -2.80.